The summed E-state index contributed by atoms with van der Waals surface area (Å²) in [5.74, 6) is 2.14. The molecule has 2 fully saturated rings. The zero-order valence-electron chi connectivity index (χ0n) is 18.7. The molecule has 1 saturated heterocycles. The first-order valence-corrected chi connectivity index (χ1v) is 11.2. The summed E-state index contributed by atoms with van der Waals surface area (Å²) < 4.78 is 16.4. The molecule has 0 unspecified atom stereocenters. The number of piperidine rings is 1. The van der Waals surface area contributed by atoms with Crippen molar-refractivity contribution in [2.75, 3.05) is 33.9 Å². The molecule has 0 radical (unpaired) electrons. The molecule has 6 heteroatoms. The molecule has 0 bridgehead atoms. The third-order valence-corrected chi connectivity index (χ3v) is 6.26. The Bertz CT molecular complexity index is 918. The van der Waals surface area contributed by atoms with E-state index in [1.807, 2.05) is 19.2 Å². The van der Waals surface area contributed by atoms with Crippen LogP contribution in [0.5, 0.6) is 11.5 Å². The lowest BCUT2D eigenvalue weighted by Gasteiger charge is -2.30. The fourth-order valence-corrected chi connectivity index (χ4v) is 4.41. The molecule has 2 aliphatic rings. The lowest BCUT2D eigenvalue weighted by molar-refractivity contribution is -0.149. The van der Waals surface area contributed by atoms with Gasteiger partial charge in [-0.3, -0.25) is 14.7 Å². The highest BCUT2D eigenvalue weighted by molar-refractivity contribution is 5.72. The molecule has 166 valence electrons. The fraction of sp³-hybridized carbons (Fsp3) is 0.520. The first-order chi connectivity index (χ1) is 15.1. The SMILES string of the molecule is CCOC(=O)C1CCN(Cc2ccnc(-c3cc(OC)c(OC)c(C4CC4)c3)c2)CC1. The summed E-state index contributed by atoms with van der Waals surface area (Å²) in [5, 5.41) is 0. The normalized spacial score (nSPS) is 17.4. The molecule has 0 N–H and O–H groups in total. The molecule has 1 aromatic heterocycles. The molecule has 0 atom stereocenters. The van der Waals surface area contributed by atoms with Crippen LogP contribution in [0.1, 0.15) is 49.7 Å². The number of aromatic nitrogens is 1. The number of esters is 1. The van der Waals surface area contributed by atoms with Crippen molar-refractivity contribution in [1.82, 2.24) is 9.88 Å². The number of hydrogen-bond acceptors (Lipinski definition) is 6. The molecule has 4 rings (SSSR count). The van der Waals surface area contributed by atoms with Crippen molar-refractivity contribution in [3.63, 3.8) is 0 Å². The van der Waals surface area contributed by atoms with Gasteiger partial charge in [-0.05, 0) is 81.4 Å². The van der Waals surface area contributed by atoms with Gasteiger partial charge in [0.25, 0.3) is 0 Å². The number of benzene rings is 1. The van der Waals surface area contributed by atoms with Gasteiger partial charge in [-0.1, -0.05) is 0 Å². The van der Waals surface area contributed by atoms with Crippen LogP contribution in [0, 0.1) is 5.92 Å². The Kier molecular flexibility index (Phi) is 6.76. The number of hydrogen-bond donors (Lipinski definition) is 0. The lowest BCUT2D eigenvalue weighted by Crippen LogP contribution is -2.36. The van der Waals surface area contributed by atoms with Gasteiger partial charge < -0.3 is 14.2 Å². The predicted octanol–water partition coefficient (Wildman–Crippen LogP) is 4.42. The zero-order chi connectivity index (χ0) is 21.8. The molecule has 2 aromatic rings. The van der Waals surface area contributed by atoms with Gasteiger partial charge in [0.05, 0.1) is 32.4 Å². The summed E-state index contributed by atoms with van der Waals surface area (Å²) in [5.41, 5.74) is 4.44. The first-order valence-electron chi connectivity index (χ1n) is 11.2. The van der Waals surface area contributed by atoms with Gasteiger partial charge in [0.2, 0.25) is 0 Å². The molecule has 6 nitrogen and oxygen atoms in total. The minimum absolute atomic E-state index is 0.0387. The Morgan fingerprint density at radius 3 is 2.52 bits per heavy atom. The van der Waals surface area contributed by atoms with Crippen LogP contribution in [0.25, 0.3) is 11.3 Å². The average Bonchev–Trinajstić information content (AvgIpc) is 3.64. The Morgan fingerprint density at radius 2 is 1.87 bits per heavy atom. The Hall–Kier alpha value is -2.60. The van der Waals surface area contributed by atoms with E-state index in [1.54, 1.807) is 14.2 Å². The van der Waals surface area contributed by atoms with Crippen LogP contribution in [-0.4, -0.2) is 49.8 Å². The number of nitrogens with zero attached hydrogens (tertiary/aromatic N) is 2. The van der Waals surface area contributed by atoms with E-state index in [9.17, 15) is 4.79 Å². The summed E-state index contributed by atoms with van der Waals surface area (Å²) in [6.07, 6.45) is 5.98. The largest absolute Gasteiger partial charge is 0.493 e. The molecular weight excluding hydrogens is 392 g/mol. The number of ether oxygens (including phenoxy) is 3. The standard InChI is InChI=1S/C25H32N2O4/c1-4-31-25(28)19-8-11-27(12-9-19)16-17-7-10-26-22(13-17)20-14-21(18-5-6-18)24(30-3)23(15-20)29-2/h7,10,13-15,18-19H,4-6,8-9,11-12,16H2,1-3H3. The van der Waals surface area contributed by atoms with Crippen LogP contribution in [0.15, 0.2) is 30.5 Å². The van der Waals surface area contributed by atoms with E-state index in [4.69, 9.17) is 14.2 Å². The second-order valence-electron chi connectivity index (χ2n) is 8.43. The Balaban J connectivity index is 1.48. The van der Waals surface area contributed by atoms with E-state index < -0.39 is 0 Å². The van der Waals surface area contributed by atoms with Crippen LogP contribution >= 0.6 is 0 Å². The Labute approximate surface area is 184 Å². The third-order valence-electron chi connectivity index (χ3n) is 6.26. The van der Waals surface area contributed by atoms with Crippen molar-refractivity contribution in [3.8, 4) is 22.8 Å². The summed E-state index contributed by atoms with van der Waals surface area (Å²) in [6.45, 7) is 4.98. The van der Waals surface area contributed by atoms with E-state index >= 15 is 0 Å². The number of likely N-dealkylation sites (tertiary alicyclic amines) is 1. The molecule has 1 aromatic carbocycles. The van der Waals surface area contributed by atoms with E-state index in [0.29, 0.717) is 12.5 Å². The molecule has 0 spiro atoms. The highest BCUT2D eigenvalue weighted by Gasteiger charge is 2.29. The molecule has 2 heterocycles. The highest BCUT2D eigenvalue weighted by Crippen LogP contribution is 2.49. The molecule has 1 aliphatic carbocycles. The molecule has 0 amide bonds. The number of pyridine rings is 1. The summed E-state index contributed by atoms with van der Waals surface area (Å²) in [7, 11) is 3.38. The van der Waals surface area contributed by atoms with E-state index in [1.165, 1.54) is 24.0 Å². The molecule has 31 heavy (non-hydrogen) atoms. The van der Waals surface area contributed by atoms with Crippen molar-refractivity contribution in [2.45, 2.75) is 45.1 Å². The smallest absolute Gasteiger partial charge is 0.309 e. The number of carbonyl (C=O) groups excluding carboxylic acids is 1. The second kappa shape index (κ2) is 9.69. The summed E-state index contributed by atoms with van der Waals surface area (Å²) >= 11 is 0. The quantitative estimate of drug-likeness (QED) is 0.585. The maximum atomic E-state index is 12.0. The van der Waals surface area contributed by atoms with Gasteiger partial charge in [-0.15, -0.1) is 0 Å². The molecule has 1 saturated carbocycles. The zero-order valence-corrected chi connectivity index (χ0v) is 18.7. The minimum Gasteiger partial charge on any atom is -0.493 e. The van der Waals surface area contributed by atoms with Crippen LogP contribution in [0.4, 0.5) is 0 Å². The van der Waals surface area contributed by atoms with Crippen molar-refractivity contribution in [1.29, 1.82) is 0 Å². The van der Waals surface area contributed by atoms with Crippen molar-refractivity contribution in [3.05, 3.63) is 41.6 Å². The van der Waals surface area contributed by atoms with Crippen molar-refractivity contribution < 1.29 is 19.0 Å². The minimum atomic E-state index is -0.0479. The van der Waals surface area contributed by atoms with Crippen LogP contribution in [0.3, 0.4) is 0 Å². The maximum Gasteiger partial charge on any atom is 0.309 e. The van der Waals surface area contributed by atoms with Gasteiger partial charge in [0.1, 0.15) is 0 Å². The molecule has 1 aliphatic heterocycles. The summed E-state index contributed by atoms with van der Waals surface area (Å²) in [6, 6.07) is 8.45. The number of methoxy groups -OCH3 is 2. The van der Waals surface area contributed by atoms with Crippen LogP contribution in [-0.2, 0) is 16.1 Å². The third kappa shape index (κ3) is 5.01. The van der Waals surface area contributed by atoms with Gasteiger partial charge in [0.15, 0.2) is 11.5 Å². The van der Waals surface area contributed by atoms with E-state index in [0.717, 1.165) is 55.2 Å². The number of rotatable bonds is 8. The van der Waals surface area contributed by atoms with Gasteiger partial charge in [-0.2, -0.15) is 0 Å². The van der Waals surface area contributed by atoms with Gasteiger partial charge in [-0.25, -0.2) is 0 Å². The maximum absolute atomic E-state index is 12.0. The topological polar surface area (TPSA) is 60.9 Å². The molecular formula is C25H32N2O4. The monoisotopic (exact) mass is 424 g/mol. The average molecular weight is 425 g/mol. The van der Waals surface area contributed by atoms with E-state index in [2.05, 4.69) is 28.1 Å². The van der Waals surface area contributed by atoms with Crippen molar-refractivity contribution >= 4 is 5.97 Å². The fourth-order valence-electron chi connectivity index (χ4n) is 4.41. The lowest BCUT2D eigenvalue weighted by atomic mass is 9.96. The number of carbonyl (C=O) groups is 1. The van der Waals surface area contributed by atoms with Gasteiger partial charge in [0, 0.05) is 23.9 Å². The second-order valence-corrected chi connectivity index (χ2v) is 8.43. The predicted molar refractivity (Wildman–Crippen MR) is 119 cm³/mol. The van der Waals surface area contributed by atoms with Crippen LogP contribution in [0.2, 0.25) is 0 Å². The van der Waals surface area contributed by atoms with Crippen LogP contribution < -0.4 is 9.47 Å². The summed E-state index contributed by atoms with van der Waals surface area (Å²) in [4.78, 5) is 19.0. The van der Waals surface area contributed by atoms with E-state index in [-0.39, 0.29) is 11.9 Å². The first kappa shape index (κ1) is 21.6. The van der Waals surface area contributed by atoms with Crippen molar-refractivity contribution in [2.24, 2.45) is 5.92 Å². The highest BCUT2D eigenvalue weighted by atomic mass is 16.5. The Morgan fingerprint density at radius 1 is 1.10 bits per heavy atom. The van der Waals surface area contributed by atoms with Gasteiger partial charge >= 0.3 is 5.97 Å².